The topological polar surface area (TPSA) is 241 Å². The van der Waals surface area contributed by atoms with Crippen molar-refractivity contribution in [2.75, 3.05) is 13.2 Å². The number of aromatic nitrogens is 1. The SMILES string of the molecule is CC(=O)OC1C2C(O)C34OC2(C)COC(=O)c2cccnc2C(C)C(C)C(=O)OC(C(O)C(OC(C)=O)C3(COC(=O)c2ccccc2)C1OC(C)=O)C4(C)O. The van der Waals surface area contributed by atoms with E-state index < -0.39 is 126 Å². The first-order chi connectivity index (χ1) is 26.2. The molecule has 6 rings (SSSR count). The average Bonchev–Trinajstić information content (AvgIpc) is 3.35. The van der Waals surface area contributed by atoms with Crippen molar-refractivity contribution in [3.05, 3.63) is 65.5 Å². The van der Waals surface area contributed by atoms with Crippen LogP contribution in [0.25, 0.3) is 0 Å². The van der Waals surface area contributed by atoms with E-state index >= 15 is 0 Å². The maximum absolute atomic E-state index is 14.1. The van der Waals surface area contributed by atoms with Gasteiger partial charge in [0, 0.05) is 32.9 Å². The number of cyclic esters (lactones) is 1. The highest BCUT2D eigenvalue weighted by Gasteiger charge is 2.90. The van der Waals surface area contributed by atoms with E-state index in [1.165, 1.54) is 44.3 Å². The summed E-state index contributed by atoms with van der Waals surface area (Å²) in [6, 6.07) is 10.5. The summed E-state index contributed by atoms with van der Waals surface area (Å²) in [5.41, 5.74) is -9.92. The number of fused-ring (bicyclic) bond motifs is 5. The summed E-state index contributed by atoms with van der Waals surface area (Å²) in [7, 11) is 0. The van der Waals surface area contributed by atoms with E-state index in [1.807, 2.05) is 0 Å². The molecule has 1 spiro atoms. The zero-order valence-electron chi connectivity index (χ0n) is 31.8. The minimum absolute atomic E-state index is 0.0152. The smallest absolute Gasteiger partial charge is 0.340 e. The molecule has 3 fully saturated rings. The lowest BCUT2D eigenvalue weighted by Gasteiger charge is -2.67. The van der Waals surface area contributed by atoms with E-state index in [0.29, 0.717) is 0 Å². The fourth-order valence-electron chi connectivity index (χ4n) is 9.30. The van der Waals surface area contributed by atoms with Crippen LogP contribution in [0.3, 0.4) is 0 Å². The van der Waals surface area contributed by atoms with Crippen LogP contribution in [0.2, 0.25) is 0 Å². The largest absolute Gasteiger partial charge is 0.461 e. The van der Waals surface area contributed by atoms with Crippen LogP contribution in [0.15, 0.2) is 48.7 Å². The summed E-state index contributed by atoms with van der Waals surface area (Å²) >= 11 is 0. The fraction of sp³-hybridized carbons (Fsp3) is 0.564. The number of aliphatic hydroxyl groups is 3. The van der Waals surface area contributed by atoms with Crippen molar-refractivity contribution >= 4 is 35.8 Å². The molecule has 302 valence electrons. The normalized spacial score (nSPS) is 38.9. The molecule has 2 saturated carbocycles. The molecule has 4 aliphatic rings. The second-order valence-corrected chi connectivity index (χ2v) is 15.3. The maximum Gasteiger partial charge on any atom is 0.340 e. The van der Waals surface area contributed by atoms with Gasteiger partial charge in [0.1, 0.15) is 53.7 Å². The monoisotopic (exact) mass is 783 g/mol. The lowest BCUT2D eigenvalue weighted by Crippen LogP contribution is -2.88. The van der Waals surface area contributed by atoms with Gasteiger partial charge in [0.15, 0.2) is 12.2 Å². The fourth-order valence-corrected chi connectivity index (χ4v) is 9.30. The first-order valence-electron chi connectivity index (χ1n) is 18.1. The minimum Gasteiger partial charge on any atom is -0.461 e. The van der Waals surface area contributed by atoms with E-state index in [4.69, 9.17) is 33.2 Å². The molecule has 0 amide bonds. The van der Waals surface area contributed by atoms with Gasteiger partial charge in [-0.2, -0.15) is 0 Å². The molecular formula is C39H45NO16. The standard InChI is InChI=1S/C39H45NO16/c1-18-19(2)33(46)55-30-27(44)31(53-21(4)42)38(17-51-34(47)23-12-9-8-10-13-23)32(54-22(5)43)28(52-20(3)41)25-29(45)39(38,37(30,7)49)56-36(25,6)16-50-35(48)24-14-11-15-40-26(18)24/h8-15,18-19,25,27-32,44-45,49H,16-17H2,1-7H3. The summed E-state index contributed by atoms with van der Waals surface area (Å²) in [6.07, 6.45) is -10.8. The molecule has 3 heterocycles. The van der Waals surface area contributed by atoms with Gasteiger partial charge in [-0.1, -0.05) is 32.0 Å². The molecule has 2 aromatic rings. The van der Waals surface area contributed by atoms with Crippen LogP contribution in [0.5, 0.6) is 0 Å². The Morgan fingerprint density at radius 2 is 1.50 bits per heavy atom. The number of carbonyl (C=O) groups excluding carboxylic acids is 6. The lowest BCUT2D eigenvalue weighted by atomic mass is 9.45. The van der Waals surface area contributed by atoms with Crippen LogP contribution in [0.1, 0.15) is 80.8 Å². The number of nitrogens with zero attached hydrogens (tertiary/aromatic N) is 1. The Morgan fingerprint density at radius 1 is 0.875 bits per heavy atom. The summed E-state index contributed by atoms with van der Waals surface area (Å²) in [5.74, 6) is -9.39. The Kier molecular flexibility index (Phi) is 10.5. The Labute approximate surface area is 321 Å². The van der Waals surface area contributed by atoms with E-state index in [2.05, 4.69) is 4.98 Å². The third-order valence-corrected chi connectivity index (χ3v) is 11.8. The second kappa shape index (κ2) is 14.5. The molecule has 13 unspecified atom stereocenters. The first kappa shape index (κ1) is 40.7. The zero-order chi connectivity index (χ0) is 41.1. The highest BCUT2D eigenvalue weighted by molar-refractivity contribution is 5.91. The van der Waals surface area contributed by atoms with Crippen LogP contribution in [0, 0.1) is 17.3 Å². The third-order valence-electron chi connectivity index (χ3n) is 11.8. The second-order valence-electron chi connectivity index (χ2n) is 15.3. The Hall–Kier alpha value is -4.97. The highest BCUT2D eigenvalue weighted by Crippen LogP contribution is 2.69. The van der Waals surface area contributed by atoms with Crippen molar-refractivity contribution in [3.63, 3.8) is 0 Å². The number of aliphatic hydroxyl groups excluding tert-OH is 2. The van der Waals surface area contributed by atoms with Gasteiger partial charge in [0.25, 0.3) is 0 Å². The maximum atomic E-state index is 14.1. The summed E-state index contributed by atoms with van der Waals surface area (Å²) in [6.45, 7) is 6.78. The quantitative estimate of drug-likeness (QED) is 0.275. The van der Waals surface area contributed by atoms with Gasteiger partial charge in [-0.05, 0) is 38.1 Å². The molecule has 0 radical (unpaired) electrons. The van der Waals surface area contributed by atoms with Crippen LogP contribution >= 0.6 is 0 Å². The summed E-state index contributed by atoms with van der Waals surface area (Å²) in [4.78, 5) is 85.1. The van der Waals surface area contributed by atoms with Gasteiger partial charge in [-0.15, -0.1) is 0 Å². The van der Waals surface area contributed by atoms with Crippen LogP contribution < -0.4 is 0 Å². The average molecular weight is 784 g/mol. The summed E-state index contributed by atoms with van der Waals surface area (Å²) < 4.78 is 42.1. The molecule has 4 bridgehead atoms. The minimum atomic E-state index is -2.78. The Bertz CT molecular complexity index is 1920. The van der Waals surface area contributed by atoms with Crippen LogP contribution in [-0.4, -0.2) is 123 Å². The van der Waals surface area contributed by atoms with E-state index in [-0.39, 0.29) is 16.8 Å². The van der Waals surface area contributed by atoms with Gasteiger partial charge < -0.3 is 48.5 Å². The summed E-state index contributed by atoms with van der Waals surface area (Å²) in [5, 5.41) is 38.2. The van der Waals surface area contributed by atoms with Gasteiger partial charge in [0.2, 0.25) is 0 Å². The molecule has 56 heavy (non-hydrogen) atoms. The number of carbonyl (C=O) groups is 6. The molecule has 17 nitrogen and oxygen atoms in total. The molecule has 2 aliphatic heterocycles. The number of rotatable bonds is 6. The van der Waals surface area contributed by atoms with Gasteiger partial charge >= 0.3 is 35.8 Å². The van der Waals surface area contributed by atoms with Crippen molar-refractivity contribution in [2.45, 2.75) is 108 Å². The predicted octanol–water partition coefficient (Wildman–Crippen LogP) is 1.19. The van der Waals surface area contributed by atoms with Crippen LogP contribution in [-0.2, 0) is 52.3 Å². The Morgan fingerprint density at radius 3 is 2.12 bits per heavy atom. The van der Waals surface area contributed by atoms with Crippen molar-refractivity contribution in [1.82, 2.24) is 4.98 Å². The van der Waals surface area contributed by atoms with Gasteiger partial charge in [-0.3, -0.25) is 24.2 Å². The predicted molar refractivity (Wildman–Crippen MR) is 186 cm³/mol. The number of esters is 6. The first-order valence-corrected chi connectivity index (χ1v) is 18.1. The lowest BCUT2D eigenvalue weighted by molar-refractivity contribution is -0.386. The van der Waals surface area contributed by atoms with Crippen molar-refractivity contribution in [1.29, 1.82) is 0 Å². The molecule has 3 N–H and O–H groups in total. The van der Waals surface area contributed by atoms with Gasteiger partial charge in [-0.25, -0.2) is 9.59 Å². The number of benzene rings is 1. The van der Waals surface area contributed by atoms with E-state index in [1.54, 1.807) is 25.1 Å². The number of hydrogen-bond donors (Lipinski definition) is 3. The Balaban J connectivity index is 1.68. The molecule has 13 atom stereocenters. The molecule has 1 aromatic heterocycles. The number of ether oxygens (including phenoxy) is 7. The van der Waals surface area contributed by atoms with Crippen LogP contribution in [0.4, 0.5) is 0 Å². The zero-order valence-corrected chi connectivity index (χ0v) is 31.8. The van der Waals surface area contributed by atoms with Crippen molar-refractivity contribution < 1.29 is 77.2 Å². The highest BCUT2D eigenvalue weighted by atomic mass is 16.6. The number of hydrogen-bond acceptors (Lipinski definition) is 17. The molecule has 1 aromatic carbocycles. The molecule has 1 saturated heterocycles. The third kappa shape index (κ3) is 6.11. The van der Waals surface area contributed by atoms with Crippen molar-refractivity contribution in [3.8, 4) is 0 Å². The molecular weight excluding hydrogens is 738 g/mol. The van der Waals surface area contributed by atoms with Crippen molar-refractivity contribution in [2.24, 2.45) is 17.3 Å². The van der Waals surface area contributed by atoms with E-state index in [0.717, 1.165) is 27.7 Å². The molecule has 2 aliphatic carbocycles. The molecule has 17 heteroatoms. The number of pyridine rings is 1. The van der Waals surface area contributed by atoms with Gasteiger partial charge in [0.05, 0.1) is 34.8 Å². The van der Waals surface area contributed by atoms with E-state index in [9.17, 15) is 44.1 Å².